The molecule has 0 aliphatic heterocycles. The molecule has 0 saturated carbocycles. The molecule has 0 radical (unpaired) electrons. The molecule has 0 unspecified atom stereocenters. The molecule has 43 heavy (non-hydrogen) atoms. The molecule has 0 fully saturated rings. The van der Waals surface area contributed by atoms with E-state index in [0.29, 0.717) is 50.8 Å². The average Bonchev–Trinajstić information content (AvgIpc) is 3.33. The maximum absolute atomic E-state index is 11.5. The standard InChI is InChI=1S/C37H38O6/c1-40-17-19-42-15-13-37(14-16-43-20-18-41-2)35-23-31(29-7-3-5-27(21-29)25-38)9-11-33(35)34-12-10-32(24-36(34)37)30-8-4-6-28(22-30)26-39/h3-12,21-26H,13-20H2,1-2H3. The fourth-order valence-electron chi connectivity index (χ4n) is 6.08. The van der Waals surface area contributed by atoms with Crippen molar-refractivity contribution < 1.29 is 28.5 Å². The molecule has 4 aromatic carbocycles. The van der Waals surface area contributed by atoms with Crippen LogP contribution in [-0.4, -0.2) is 66.4 Å². The first-order valence-corrected chi connectivity index (χ1v) is 14.7. The number of hydrogen-bond donors (Lipinski definition) is 0. The maximum Gasteiger partial charge on any atom is 0.150 e. The number of carbonyl (C=O) groups excluding carboxylic acids is 2. The SMILES string of the molecule is COCCOCCC1(CCOCCOC)c2cc(-c3cccc(C=O)c3)ccc2-c2ccc(-c3cccc(C=O)c3)cc21. The van der Waals surface area contributed by atoms with Crippen molar-refractivity contribution in [3.63, 3.8) is 0 Å². The van der Waals surface area contributed by atoms with Gasteiger partial charge in [0.2, 0.25) is 0 Å². The molecule has 0 saturated heterocycles. The average molecular weight is 579 g/mol. The van der Waals surface area contributed by atoms with Crippen LogP contribution in [-0.2, 0) is 24.4 Å². The summed E-state index contributed by atoms with van der Waals surface area (Å²) in [6.45, 7) is 3.22. The molecule has 0 aromatic heterocycles. The van der Waals surface area contributed by atoms with Crippen LogP contribution in [0.25, 0.3) is 33.4 Å². The molecular weight excluding hydrogens is 540 g/mol. The molecule has 4 aromatic rings. The van der Waals surface area contributed by atoms with Crippen LogP contribution in [0.4, 0.5) is 0 Å². The smallest absolute Gasteiger partial charge is 0.150 e. The van der Waals surface area contributed by atoms with E-state index >= 15 is 0 Å². The minimum atomic E-state index is -0.388. The van der Waals surface area contributed by atoms with Crippen molar-refractivity contribution in [1.29, 1.82) is 0 Å². The third-order valence-electron chi connectivity index (χ3n) is 8.28. The van der Waals surface area contributed by atoms with Crippen molar-refractivity contribution in [1.82, 2.24) is 0 Å². The maximum atomic E-state index is 11.5. The highest BCUT2D eigenvalue weighted by Crippen LogP contribution is 2.54. The van der Waals surface area contributed by atoms with E-state index in [0.717, 1.165) is 47.7 Å². The Bertz CT molecular complexity index is 1440. The van der Waals surface area contributed by atoms with E-state index in [1.165, 1.54) is 22.3 Å². The highest BCUT2D eigenvalue weighted by Gasteiger charge is 2.43. The molecule has 0 heterocycles. The Hall–Kier alpha value is -3.94. The molecule has 5 rings (SSSR count). The van der Waals surface area contributed by atoms with Crippen LogP contribution in [0.2, 0.25) is 0 Å². The number of hydrogen-bond acceptors (Lipinski definition) is 6. The molecule has 0 atom stereocenters. The van der Waals surface area contributed by atoms with Crippen LogP contribution in [0.3, 0.4) is 0 Å². The number of benzene rings is 4. The lowest BCUT2D eigenvalue weighted by Crippen LogP contribution is -2.30. The highest BCUT2D eigenvalue weighted by molar-refractivity contribution is 5.87. The van der Waals surface area contributed by atoms with Crippen LogP contribution >= 0.6 is 0 Å². The fourth-order valence-corrected chi connectivity index (χ4v) is 6.08. The van der Waals surface area contributed by atoms with Gasteiger partial charge in [-0.05, 0) is 81.6 Å². The molecule has 0 N–H and O–H groups in total. The quantitative estimate of drug-likeness (QED) is 0.105. The van der Waals surface area contributed by atoms with E-state index in [-0.39, 0.29) is 5.41 Å². The van der Waals surface area contributed by atoms with Gasteiger partial charge in [0.15, 0.2) is 0 Å². The molecule has 0 amide bonds. The first-order chi connectivity index (χ1) is 21.1. The summed E-state index contributed by atoms with van der Waals surface area (Å²) in [7, 11) is 3.35. The van der Waals surface area contributed by atoms with Gasteiger partial charge in [0, 0.05) is 44.0 Å². The minimum Gasteiger partial charge on any atom is -0.382 e. The summed E-state index contributed by atoms with van der Waals surface area (Å²) < 4.78 is 22.6. The minimum absolute atomic E-state index is 0.388. The number of carbonyl (C=O) groups is 2. The summed E-state index contributed by atoms with van der Waals surface area (Å²) in [5, 5.41) is 0. The Labute approximate surface area is 253 Å². The zero-order chi connectivity index (χ0) is 30.1. The Morgan fingerprint density at radius 3 is 1.40 bits per heavy atom. The van der Waals surface area contributed by atoms with Crippen molar-refractivity contribution in [3.8, 4) is 33.4 Å². The molecule has 222 valence electrons. The van der Waals surface area contributed by atoms with Gasteiger partial charge >= 0.3 is 0 Å². The van der Waals surface area contributed by atoms with E-state index in [4.69, 9.17) is 18.9 Å². The summed E-state index contributed by atoms with van der Waals surface area (Å²) in [5.74, 6) is 0. The highest BCUT2D eigenvalue weighted by atomic mass is 16.5. The van der Waals surface area contributed by atoms with Crippen molar-refractivity contribution in [2.75, 3.05) is 53.9 Å². The third kappa shape index (κ3) is 6.68. The van der Waals surface area contributed by atoms with E-state index in [1.807, 2.05) is 48.5 Å². The van der Waals surface area contributed by atoms with Gasteiger partial charge in [-0.1, -0.05) is 60.7 Å². The van der Waals surface area contributed by atoms with Gasteiger partial charge in [0.1, 0.15) is 12.6 Å². The first-order valence-electron chi connectivity index (χ1n) is 14.7. The Morgan fingerprint density at radius 2 is 0.977 bits per heavy atom. The van der Waals surface area contributed by atoms with Crippen LogP contribution < -0.4 is 0 Å². The molecule has 0 spiro atoms. The van der Waals surface area contributed by atoms with Crippen LogP contribution in [0.5, 0.6) is 0 Å². The Balaban J connectivity index is 1.63. The van der Waals surface area contributed by atoms with Crippen molar-refractivity contribution in [2.45, 2.75) is 18.3 Å². The zero-order valence-corrected chi connectivity index (χ0v) is 24.8. The van der Waals surface area contributed by atoms with Crippen molar-refractivity contribution in [2.24, 2.45) is 0 Å². The summed E-state index contributed by atoms with van der Waals surface area (Å²) in [4.78, 5) is 23.1. The molecule has 1 aliphatic rings. The summed E-state index contributed by atoms with van der Waals surface area (Å²) in [5.41, 5.74) is 9.83. The van der Waals surface area contributed by atoms with Crippen LogP contribution in [0, 0.1) is 0 Å². The first kappa shape index (κ1) is 30.5. The number of ether oxygens (including phenoxy) is 4. The second-order valence-electron chi connectivity index (χ2n) is 10.8. The van der Waals surface area contributed by atoms with Crippen molar-refractivity contribution in [3.05, 3.63) is 107 Å². The van der Waals surface area contributed by atoms with E-state index in [9.17, 15) is 9.59 Å². The summed E-state index contributed by atoms with van der Waals surface area (Å²) >= 11 is 0. The van der Waals surface area contributed by atoms with Gasteiger partial charge in [0.05, 0.1) is 26.4 Å². The lowest BCUT2D eigenvalue weighted by atomic mass is 9.72. The second-order valence-corrected chi connectivity index (χ2v) is 10.8. The lowest BCUT2D eigenvalue weighted by Gasteiger charge is -2.33. The van der Waals surface area contributed by atoms with E-state index < -0.39 is 0 Å². The second kappa shape index (κ2) is 14.5. The number of methoxy groups -OCH3 is 2. The fraction of sp³-hybridized carbons (Fsp3) is 0.297. The Kier molecular flexibility index (Phi) is 10.3. The van der Waals surface area contributed by atoms with Gasteiger partial charge in [-0.25, -0.2) is 0 Å². The Morgan fingerprint density at radius 1 is 0.535 bits per heavy atom. The molecule has 0 bridgehead atoms. The number of aldehydes is 2. The molecular formula is C37H38O6. The van der Waals surface area contributed by atoms with Gasteiger partial charge in [-0.15, -0.1) is 0 Å². The van der Waals surface area contributed by atoms with Gasteiger partial charge in [-0.2, -0.15) is 0 Å². The summed E-state index contributed by atoms with van der Waals surface area (Å²) in [6.07, 6.45) is 3.26. The monoisotopic (exact) mass is 578 g/mol. The molecule has 6 heteroatoms. The predicted molar refractivity (Wildman–Crippen MR) is 169 cm³/mol. The lowest BCUT2D eigenvalue weighted by molar-refractivity contribution is 0.0491. The number of rotatable bonds is 16. The largest absolute Gasteiger partial charge is 0.382 e. The van der Waals surface area contributed by atoms with Gasteiger partial charge in [-0.3, -0.25) is 9.59 Å². The zero-order valence-electron chi connectivity index (χ0n) is 24.8. The number of fused-ring (bicyclic) bond motifs is 3. The van der Waals surface area contributed by atoms with E-state index in [1.54, 1.807) is 14.2 Å². The van der Waals surface area contributed by atoms with Gasteiger partial charge < -0.3 is 18.9 Å². The third-order valence-corrected chi connectivity index (χ3v) is 8.28. The van der Waals surface area contributed by atoms with Crippen LogP contribution in [0.1, 0.15) is 44.7 Å². The van der Waals surface area contributed by atoms with Gasteiger partial charge in [0.25, 0.3) is 0 Å². The van der Waals surface area contributed by atoms with Crippen LogP contribution in [0.15, 0.2) is 84.9 Å². The summed E-state index contributed by atoms with van der Waals surface area (Å²) in [6, 6.07) is 28.6. The molecule has 6 nitrogen and oxygen atoms in total. The topological polar surface area (TPSA) is 71.1 Å². The normalized spacial score (nSPS) is 13.0. The predicted octanol–water partition coefficient (Wildman–Crippen LogP) is 7.02. The molecule has 1 aliphatic carbocycles. The van der Waals surface area contributed by atoms with E-state index in [2.05, 4.69) is 36.4 Å². The van der Waals surface area contributed by atoms with Crippen molar-refractivity contribution >= 4 is 12.6 Å².